The second kappa shape index (κ2) is 8.38. The lowest BCUT2D eigenvalue weighted by atomic mass is 9.95. The van der Waals surface area contributed by atoms with Gasteiger partial charge >= 0.3 is 6.18 Å². The minimum Gasteiger partial charge on any atom is -0.327 e. The Bertz CT molecular complexity index is 1050. The molecule has 1 amide bonds. The first kappa shape index (κ1) is 21.7. The van der Waals surface area contributed by atoms with Gasteiger partial charge in [0.2, 0.25) is 5.91 Å². The van der Waals surface area contributed by atoms with Crippen LogP contribution in [0, 0.1) is 25.2 Å². The minimum atomic E-state index is -4.62. The Hall–Kier alpha value is -3.02. The van der Waals surface area contributed by atoms with Gasteiger partial charge in [0.15, 0.2) is 0 Å². The van der Waals surface area contributed by atoms with Crippen LogP contribution in [0.5, 0.6) is 0 Å². The summed E-state index contributed by atoms with van der Waals surface area (Å²) >= 11 is 0. The fourth-order valence-electron chi connectivity index (χ4n) is 4.03. The molecule has 0 aliphatic heterocycles. The Labute approximate surface area is 171 Å². The van der Waals surface area contributed by atoms with E-state index in [4.69, 9.17) is 0 Å². The highest BCUT2D eigenvalue weighted by atomic mass is 19.4. The van der Waals surface area contributed by atoms with Crippen molar-refractivity contribution in [3.05, 3.63) is 51.1 Å². The number of carbonyl (C=O) groups excluding carboxylic acids is 1. The number of alkyl halides is 3. The van der Waals surface area contributed by atoms with E-state index in [0.717, 1.165) is 54.0 Å². The molecule has 0 spiro atoms. The average Bonchev–Trinajstić information content (AvgIpc) is 2.92. The van der Waals surface area contributed by atoms with Crippen LogP contribution < -0.4 is 10.9 Å². The van der Waals surface area contributed by atoms with Crippen LogP contribution in [0.1, 0.15) is 60.5 Å². The fourth-order valence-corrected chi connectivity index (χ4v) is 4.03. The van der Waals surface area contributed by atoms with Crippen LogP contribution in [0.25, 0.3) is 0 Å². The molecule has 1 aliphatic rings. The Kier molecular flexibility index (Phi) is 6.06. The molecule has 160 valence electrons. The summed E-state index contributed by atoms with van der Waals surface area (Å²) in [6, 6.07) is 3.74. The molecule has 0 atom stereocenters. The van der Waals surface area contributed by atoms with Crippen LogP contribution in [0.3, 0.4) is 0 Å². The van der Waals surface area contributed by atoms with Crippen LogP contribution in [0.2, 0.25) is 0 Å². The predicted octanol–water partition coefficient (Wildman–Crippen LogP) is 4.30. The quantitative estimate of drug-likeness (QED) is 0.801. The number of nitrogens with zero attached hydrogens (tertiary/aromatic N) is 3. The first-order valence-electron chi connectivity index (χ1n) is 9.82. The molecule has 0 unspecified atom stereocenters. The van der Waals surface area contributed by atoms with Gasteiger partial charge in [0, 0.05) is 24.0 Å². The number of hydrogen-bond acceptors (Lipinski definition) is 3. The largest absolute Gasteiger partial charge is 0.417 e. The summed E-state index contributed by atoms with van der Waals surface area (Å²) in [7, 11) is 0. The second-order valence-corrected chi connectivity index (χ2v) is 7.64. The predicted molar refractivity (Wildman–Crippen MR) is 105 cm³/mol. The van der Waals surface area contributed by atoms with E-state index in [0.29, 0.717) is 23.6 Å². The topological polar surface area (TPSA) is 79.8 Å². The molecule has 0 bridgehead atoms. The van der Waals surface area contributed by atoms with Crippen molar-refractivity contribution in [1.82, 2.24) is 9.13 Å². The molecule has 30 heavy (non-hydrogen) atoms. The van der Waals surface area contributed by atoms with Crippen molar-refractivity contribution >= 4 is 11.7 Å². The molecule has 0 saturated heterocycles. The lowest BCUT2D eigenvalue weighted by molar-refractivity contribution is -0.138. The van der Waals surface area contributed by atoms with E-state index in [1.807, 2.05) is 11.5 Å². The highest BCUT2D eigenvalue weighted by molar-refractivity contribution is 5.91. The van der Waals surface area contributed by atoms with Gasteiger partial charge in [-0.05, 0) is 38.3 Å². The SMILES string of the molecule is Cc1c(C#N)c(NC(=O)Cn2cc(C(F)(F)F)ccc2=O)n(C2CCCCC2)c1C. The first-order chi connectivity index (χ1) is 14.1. The van der Waals surface area contributed by atoms with Crippen LogP contribution in [-0.2, 0) is 17.5 Å². The maximum atomic E-state index is 12.9. The highest BCUT2D eigenvalue weighted by Crippen LogP contribution is 2.36. The molecule has 1 aliphatic carbocycles. The van der Waals surface area contributed by atoms with Gasteiger partial charge in [-0.2, -0.15) is 18.4 Å². The molecule has 0 radical (unpaired) electrons. The molecule has 1 N–H and O–H groups in total. The van der Waals surface area contributed by atoms with Crippen LogP contribution >= 0.6 is 0 Å². The smallest absolute Gasteiger partial charge is 0.327 e. The van der Waals surface area contributed by atoms with E-state index >= 15 is 0 Å². The number of nitriles is 1. The average molecular weight is 420 g/mol. The third-order valence-corrected chi connectivity index (χ3v) is 5.69. The van der Waals surface area contributed by atoms with Crippen molar-refractivity contribution in [2.75, 3.05) is 5.32 Å². The van der Waals surface area contributed by atoms with Gasteiger partial charge in [-0.3, -0.25) is 9.59 Å². The van der Waals surface area contributed by atoms with E-state index < -0.39 is 29.8 Å². The number of pyridine rings is 1. The van der Waals surface area contributed by atoms with Gasteiger partial charge in [0.05, 0.1) is 11.1 Å². The Morgan fingerprint density at radius 2 is 1.90 bits per heavy atom. The molecule has 2 heterocycles. The zero-order valence-electron chi connectivity index (χ0n) is 16.8. The molecule has 2 aromatic heterocycles. The molecule has 1 saturated carbocycles. The molecular formula is C21H23F3N4O2. The number of nitrogens with one attached hydrogen (secondary N) is 1. The van der Waals surface area contributed by atoms with E-state index in [1.54, 1.807) is 6.92 Å². The lowest BCUT2D eigenvalue weighted by Gasteiger charge is -2.27. The lowest BCUT2D eigenvalue weighted by Crippen LogP contribution is -2.29. The monoisotopic (exact) mass is 420 g/mol. The fraction of sp³-hybridized carbons (Fsp3) is 0.476. The summed E-state index contributed by atoms with van der Waals surface area (Å²) in [5.74, 6) is -0.313. The number of hydrogen-bond donors (Lipinski definition) is 1. The summed E-state index contributed by atoms with van der Waals surface area (Å²) in [4.78, 5) is 24.6. The number of halogens is 3. The third kappa shape index (κ3) is 4.27. The van der Waals surface area contributed by atoms with Crippen molar-refractivity contribution in [1.29, 1.82) is 5.26 Å². The molecular weight excluding hydrogens is 397 g/mol. The third-order valence-electron chi connectivity index (χ3n) is 5.69. The van der Waals surface area contributed by atoms with Gasteiger partial charge in [0.1, 0.15) is 18.4 Å². The molecule has 1 fully saturated rings. The van der Waals surface area contributed by atoms with Crippen molar-refractivity contribution < 1.29 is 18.0 Å². The number of anilines is 1. The number of rotatable bonds is 4. The second-order valence-electron chi connectivity index (χ2n) is 7.64. The van der Waals surface area contributed by atoms with Gasteiger partial charge < -0.3 is 14.5 Å². The maximum absolute atomic E-state index is 12.9. The highest BCUT2D eigenvalue weighted by Gasteiger charge is 2.31. The van der Waals surface area contributed by atoms with Gasteiger partial charge in [-0.1, -0.05) is 19.3 Å². The zero-order valence-corrected chi connectivity index (χ0v) is 16.8. The maximum Gasteiger partial charge on any atom is 0.417 e. The number of amides is 1. The molecule has 6 nitrogen and oxygen atoms in total. The summed E-state index contributed by atoms with van der Waals surface area (Å²) in [6.07, 6.45) is 1.10. The van der Waals surface area contributed by atoms with E-state index in [1.165, 1.54) is 0 Å². The standard InChI is InChI=1S/C21H23F3N4O2/c1-13-14(2)28(16-6-4-3-5-7-16)20(17(13)10-25)26-18(29)12-27-11-15(21(22,23)24)8-9-19(27)30/h8-9,11,16H,3-7,12H2,1-2H3,(H,26,29). The van der Waals surface area contributed by atoms with Crippen LogP contribution in [0.4, 0.5) is 19.0 Å². The van der Waals surface area contributed by atoms with Gasteiger partial charge in [0.25, 0.3) is 5.56 Å². The Morgan fingerprint density at radius 1 is 1.23 bits per heavy atom. The summed E-state index contributed by atoms with van der Waals surface area (Å²) in [5, 5.41) is 12.3. The van der Waals surface area contributed by atoms with Gasteiger partial charge in [-0.25, -0.2) is 0 Å². The van der Waals surface area contributed by atoms with E-state index in [9.17, 15) is 28.0 Å². The number of carbonyl (C=O) groups is 1. The Balaban J connectivity index is 1.91. The normalized spacial score (nSPS) is 15.1. The molecule has 3 rings (SSSR count). The zero-order chi connectivity index (χ0) is 22.1. The van der Waals surface area contributed by atoms with Crippen molar-refractivity contribution in [3.63, 3.8) is 0 Å². The van der Waals surface area contributed by atoms with E-state index in [2.05, 4.69) is 11.4 Å². The molecule has 2 aromatic rings. The Morgan fingerprint density at radius 3 is 2.50 bits per heavy atom. The van der Waals surface area contributed by atoms with E-state index in [-0.39, 0.29) is 6.04 Å². The summed E-state index contributed by atoms with van der Waals surface area (Å²) in [6.45, 7) is 3.11. The van der Waals surface area contributed by atoms with Crippen LogP contribution in [-0.4, -0.2) is 15.0 Å². The minimum absolute atomic E-state index is 0.145. The number of aromatic nitrogens is 2. The van der Waals surface area contributed by atoms with Crippen molar-refractivity contribution in [2.24, 2.45) is 0 Å². The van der Waals surface area contributed by atoms with Crippen molar-refractivity contribution in [3.8, 4) is 6.07 Å². The molecule has 0 aromatic carbocycles. The first-order valence-corrected chi connectivity index (χ1v) is 9.82. The summed E-state index contributed by atoms with van der Waals surface area (Å²) in [5.41, 5.74) is 0.251. The van der Waals surface area contributed by atoms with Crippen LogP contribution in [0.15, 0.2) is 23.1 Å². The summed E-state index contributed by atoms with van der Waals surface area (Å²) < 4.78 is 41.5. The van der Waals surface area contributed by atoms with Crippen molar-refractivity contribution in [2.45, 2.75) is 64.7 Å². The molecule has 9 heteroatoms. The van der Waals surface area contributed by atoms with Gasteiger partial charge in [-0.15, -0.1) is 0 Å².